The van der Waals surface area contributed by atoms with Crippen LogP contribution in [-0.2, 0) is 9.59 Å². The van der Waals surface area contributed by atoms with Crippen LogP contribution in [0.2, 0.25) is 0 Å². The average Bonchev–Trinajstić information content (AvgIpc) is 2.85. The molecule has 0 aliphatic carbocycles. The van der Waals surface area contributed by atoms with Gasteiger partial charge in [-0.2, -0.15) is 0 Å². The van der Waals surface area contributed by atoms with E-state index in [0.29, 0.717) is 11.3 Å². The van der Waals surface area contributed by atoms with E-state index < -0.39 is 28.1 Å². The summed E-state index contributed by atoms with van der Waals surface area (Å²) in [5.74, 6) is -1.31. The highest BCUT2D eigenvalue weighted by molar-refractivity contribution is 8.15. The van der Waals surface area contributed by atoms with Gasteiger partial charge >= 0.3 is 0 Å². The number of anilines is 2. The number of halogens is 1. The lowest BCUT2D eigenvalue weighted by molar-refractivity contribution is -0.121. The number of benzene rings is 2. The zero-order valence-corrected chi connectivity index (χ0v) is 14.5. The van der Waals surface area contributed by atoms with Gasteiger partial charge in [-0.3, -0.25) is 14.4 Å². The zero-order valence-electron chi connectivity index (χ0n) is 13.7. The molecule has 1 heterocycles. The van der Waals surface area contributed by atoms with Crippen LogP contribution in [-0.4, -0.2) is 27.4 Å². The van der Waals surface area contributed by atoms with Crippen LogP contribution in [0.3, 0.4) is 0 Å². The van der Waals surface area contributed by atoms with Gasteiger partial charge in [-0.05, 0) is 66.7 Å². The number of amides is 3. The van der Waals surface area contributed by atoms with Crippen LogP contribution >= 0.6 is 11.8 Å². The van der Waals surface area contributed by atoms with E-state index in [2.05, 4.69) is 5.32 Å². The van der Waals surface area contributed by atoms with Crippen molar-refractivity contribution < 1.29 is 23.9 Å². The minimum atomic E-state index is -0.843. The normalized spacial score (nSPS) is 16.8. The highest BCUT2D eigenvalue weighted by Crippen LogP contribution is 2.33. The molecule has 3 rings (SSSR count). The first kappa shape index (κ1) is 17.9. The van der Waals surface area contributed by atoms with Gasteiger partial charge in [0.25, 0.3) is 5.24 Å². The fourth-order valence-electron chi connectivity index (χ4n) is 2.57. The summed E-state index contributed by atoms with van der Waals surface area (Å²) in [6.07, 6.45) is -0.173. The molecule has 0 aromatic heterocycles. The molecule has 26 heavy (non-hydrogen) atoms. The van der Waals surface area contributed by atoms with E-state index in [4.69, 9.17) is 0 Å². The molecule has 1 saturated heterocycles. The second kappa shape index (κ2) is 7.17. The molecule has 2 aromatic rings. The van der Waals surface area contributed by atoms with Crippen molar-refractivity contribution in [3.8, 4) is 5.75 Å². The third kappa shape index (κ3) is 3.70. The largest absolute Gasteiger partial charge is 0.508 e. The molecule has 1 aliphatic heterocycles. The lowest BCUT2D eigenvalue weighted by Gasteiger charge is -2.14. The Morgan fingerprint density at radius 3 is 2.58 bits per heavy atom. The Morgan fingerprint density at radius 2 is 1.92 bits per heavy atom. The topological polar surface area (TPSA) is 86.7 Å². The summed E-state index contributed by atoms with van der Waals surface area (Å²) in [7, 11) is 0. The molecule has 2 aromatic carbocycles. The van der Waals surface area contributed by atoms with Crippen LogP contribution in [0, 0.1) is 12.7 Å². The van der Waals surface area contributed by atoms with E-state index in [1.54, 1.807) is 13.0 Å². The van der Waals surface area contributed by atoms with Crippen molar-refractivity contribution in [1.82, 2.24) is 0 Å². The maximum atomic E-state index is 13.0. The molecule has 0 radical (unpaired) electrons. The van der Waals surface area contributed by atoms with Crippen LogP contribution in [0.15, 0.2) is 42.5 Å². The first-order valence-electron chi connectivity index (χ1n) is 7.75. The third-order valence-electron chi connectivity index (χ3n) is 3.86. The van der Waals surface area contributed by atoms with Gasteiger partial charge in [0.2, 0.25) is 11.8 Å². The lowest BCUT2D eigenvalue weighted by atomic mass is 10.1. The summed E-state index contributed by atoms with van der Waals surface area (Å²) < 4.78 is 13.0. The van der Waals surface area contributed by atoms with Gasteiger partial charge in [0.05, 0.1) is 5.69 Å². The molecule has 1 aliphatic rings. The summed E-state index contributed by atoms with van der Waals surface area (Å²) in [5.41, 5.74) is 1.46. The second-order valence-electron chi connectivity index (χ2n) is 5.77. The molecular formula is C18H15FN2O4S. The molecule has 134 valence electrons. The van der Waals surface area contributed by atoms with E-state index in [9.17, 15) is 23.9 Å². The molecule has 0 bridgehead atoms. The van der Waals surface area contributed by atoms with Crippen molar-refractivity contribution in [3.63, 3.8) is 0 Å². The van der Waals surface area contributed by atoms with Gasteiger partial charge in [-0.25, -0.2) is 9.29 Å². The molecule has 0 spiro atoms. The van der Waals surface area contributed by atoms with Crippen molar-refractivity contribution in [1.29, 1.82) is 0 Å². The molecule has 0 saturated carbocycles. The van der Waals surface area contributed by atoms with Crippen LogP contribution in [0.1, 0.15) is 12.0 Å². The SMILES string of the molecule is Cc1cc(O)ccc1NC(=O)CC1SC(=O)N(c2ccc(F)cc2)C1=O. The Labute approximate surface area is 153 Å². The highest BCUT2D eigenvalue weighted by Gasteiger charge is 2.41. The van der Waals surface area contributed by atoms with Crippen LogP contribution in [0.25, 0.3) is 0 Å². The monoisotopic (exact) mass is 374 g/mol. The van der Waals surface area contributed by atoms with E-state index in [1.807, 2.05) is 0 Å². The average molecular weight is 374 g/mol. The molecule has 6 nitrogen and oxygen atoms in total. The molecule has 8 heteroatoms. The number of nitrogens with zero attached hydrogens (tertiary/aromatic N) is 1. The quantitative estimate of drug-likeness (QED) is 0.801. The van der Waals surface area contributed by atoms with Crippen molar-refractivity contribution in [2.45, 2.75) is 18.6 Å². The van der Waals surface area contributed by atoms with E-state index in [-0.39, 0.29) is 17.9 Å². The number of nitrogens with one attached hydrogen (secondary N) is 1. The number of carbonyl (C=O) groups excluding carboxylic acids is 3. The molecule has 1 atom stereocenters. The second-order valence-corrected chi connectivity index (χ2v) is 6.93. The number of aromatic hydroxyl groups is 1. The van der Waals surface area contributed by atoms with Gasteiger partial charge < -0.3 is 10.4 Å². The zero-order chi connectivity index (χ0) is 18.8. The number of hydrogen-bond acceptors (Lipinski definition) is 5. The summed E-state index contributed by atoms with van der Waals surface area (Å²) in [6.45, 7) is 1.73. The maximum absolute atomic E-state index is 13.0. The Hall–Kier alpha value is -2.87. The summed E-state index contributed by atoms with van der Waals surface area (Å²) in [4.78, 5) is 37.8. The number of thioether (sulfide) groups is 1. The molecular weight excluding hydrogens is 359 g/mol. The summed E-state index contributed by atoms with van der Waals surface area (Å²) in [5, 5.41) is 10.7. The van der Waals surface area contributed by atoms with Crippen molar-refractivity contribution in [3.05, 3.63) is 53.8 Å². The molecule has 1 unspecified atom stereocenters. The van der Waals surface area contributed by atoms with E-state index in [1.165, 1.54) is 24.3 Å². The van der Waals surface area contributed by atoms with Gasteiger partial charge in [0.1, 0.15) is 16.8 Å². The Morgan fingerprint density at radius 1 is 1.23 bits per heavy atom. The maximum Gasteiger partial charge on any atom is 0.293 e. The summed E-state index contributed by atoms with van der Waals surface area (Å²) in [6, 6.07) is 9.51. The Kier molecular flexibility index (Phi) is 4.94. The summed E-state index contributed by atoms with van der Waals surface area (Å²) >= 11 is 0.769. The van der Waals surface area contributed by atoms with E-state index >= 15 is 0 Å². The van der Waals surface area contributed by atoms with Gasteiger partial charge in [-0.15, -0.1) is 0 Å². The van der Waals surface area contributed by atoms with Crippen LogP contribution in [0.4, 0.5) is 20.6 Å². The number of phenolic OH excluding ortho intramolecular Hbond substituents is 1. The fourth-order valence-corrected chi connectivity index (χ4v) is 3.55. The predicted molar refractivity (Wildman–Crippen MR) is 96.8 cm³/mol. The van der Waals surface area contributed by atoms with Gasteiger partial charge in [0, 0.05) is 12.1 Å². The highest BCUT2D eigenvalue weighted by atomic mass is 32.2. The van der Waals surface area contributed by atoms with Gasteiger partial charge in [0.15, 0.2) is 0 Å². The predicted octanol–water partition coefficient (Wildman–Crippen LogP) is 3.44. The Balaban J connectivity index is 1.68. The van der Waals surface area contributed by atoms with Crippen molar-refractivity contribution in [2.24, 2.45) is 0 Å². The number of aryl methyl sites for hydroxylation is 1. The number of phenols is 1. The lowest BCUT2D eigenvalue weighted by Crippen LogP contribution is -2.33. The van der Waals surface area contributed by atoms with E-state index in [0.717, 1.165) is 28.8 Å². The third-order valence-corrected chi connectivity index (χ3v) is 4.90. The number of imide groups is 1. The minimum Gasteiger partial charge on any atom is -0.508 e. The van der Waals surface area contributed by atoms with Crippen LogP contribution < -0.4 is 10.2 Å². The van der Waals surface area contributed by atoms with Crippen molar-refractivity contribution >= 4 is 40.2 Å². The number of hydrogen-bond donors (Lipinski definition) is 2. The first-order valence-corrected chi connectivity index (χ1v) is 8.63. The smallest absolute Gasteiger partial charge is 0.293 e. The van der Waals surface area contributed by atoms with Crippen molar-refractivity contribution in [2.75, 3.05) is 10.2 Å². The first-order chi connectivity index (χ1) is 12.3. The molecule has 3 amide bonds. The number of carbonyl (C=O) groups is 3. The van der Waals surface area contributed by atoms with Gasteiger partial charge in [-0.1, -0.05) is 0 Å². The number of rotatable bonds is 4. The molecule has 1 fully saturated rings. The molecule has 2 N–H and O–H groups in total. The van der Waals surface area contributed by atoms with Crippen LogP contribution in [0.5, 0.6) is 5.75 Å². The Bertz CT molecular complexity index is 885. The minimum absolute atomic E-state index is 0.0857. The standard InChI is InChI=1S/C18H15FN2O4S/c1-10-8-13(22)6-7-14(10)20-16(23)9-15-17(24)21(18(25)26-15)12-4-2-11(19)3-5-12/h2-8,15,22H,9H2,1H3,(H,20,23). The fraction of sp³-hybridized carbons (Fsp3) is 0.167.